The van der Waals surface area contributed by atoms with Gasteiger partial charge in [-0.3, -0.25) is 4.99 Å². The lowest BCUT2D eigenvalue weighted by Gasteiger charge is -2.18. The van der Waals surface area contributed by atoms with Crippen molar-refractivity contribution in [2.75, 3.05) is 0 Å². The molecule has 3 heteroatoms. The Hall–Kier alpha value is -5.28. The predicted molar refractivity (Wildman–Crippen MR) is 161 cm³/mol. The van der Waals surface area contributed by atoms with Crippen LogP contribution in [0.25, 0.3) is 22.0 Å². The highest BCUT2D eigenvalue weighted by molar-refractivity contribution is 6.04. The highest BCUT2D eigenvalue weighted by atomic mass is 16.3. The van der Waals surface area contributed by atoms with E-state index in [1.54, 1.807) is 12.3 Å². The Bertz CT molecular complexity index is 1730. The Labute approximate surface area is 228 Å². The molecular weight excluding hydrogens is 476 g/mol. The number of aromatic hydroxyl groups is 1. The predicted octanol–water partition coefficient (Wildman–Crippen LogP) is 8.70. The summed E-state index contributed by atoms with van der Waals surface area (Å²) < 4.78 is 0. The van der Waals surface area contributed by atoms with E-state index >= 15 is 0 Å². The molecule has 3 nitrogen and oxygen atoms in total. The van der Waals surface area contributed by atoms with Crippen LogP contribution >= 0.6 is 0 Å². The minimum Gasteiger partial charge on any atom is -0.506 e. The first kappa shape index (κ1) is 24.1. The minimum absolute atomic E-state index is 0.167. The molecule has 0 saturated heterocycles. The summed E-state index contributed by atoms with van der Waals surface area (Å²) in [6, 6.07) is 49.2. The third kappa shape index (κ3) is 5.25. The van der Waals surface area contributed by atoms with Gasteiger partial charge in [-0.25, -0.2) is 4.98 Å². The second-order valence-electron chi connectivity index (χ2n) is 9.24. The van der Waals surface area contributed by atoms with Crippen LogP contribution < -0.4 is 0 Å². The van der Waals surface area contributed by atoms with E-state index in [-0.39, 0.29) is 5.75 Å². The van der Waals surface area contributed by atoms with E-state index in [1.807, 2.05) is 54.6 Å². The van der Waals surface area contributed by atoms with E-state index in [9.17, 15) is 5.11 Å². The third-order valence-electron chi connectivity index (χ3n) is 6.66. The number of aromatic nitrogens is 1. The molecule has 0 radical (unpaired) electrons. The van der Waals surface area contributed by atoms with Crippen molar-refractivity contribution in [3.8, 4) is 5.75 Å². The molecule has 0 aliphatic heterocycles. The number of pyridine rings is 1. The molecule has 39 heavy (non-hydrogen) atoms. The summed E-state index contributed by atoms with van der Waals surface area (Å²) in [5.74, 6) is 0.167. The van der Waals surface area contributed by atoms with Crippen LogP contribution in [0.5, 0.6) is 5.75 Å². The number of benzene rings is 5. The second kappa shape index (κ2) is 11.0. The molecule has 1 N–H and O–H groups in total. The van der Waals surface area contributed by atoms with Crippen molar-refractivity contribution in [1.29, 1.82) is 0 Å². The molecule has 0 spiro atoms. The quantitative estimate of drug-likeness (QED) is 0.183. The number of para-hydroxylation sites is 1. The van der Waals surface area contributed by atoms with E-state index in [4.69, 9.17) is 0 Å². The lowest BCUT2D eigenvalue weighted by Crippen LogP contribution is -1.97. The highest BCUT2D eigenvalue weighted by Crippen LogP contribution is 2.37. The lowest BCUT2D eigenvalue weighted by atomic mass is 9.86. The smallest absolute Gasteiger partial charge is 0.141 e. The monoisotopic (exact) mass is 502 g/mol. The molecule has 6 rings (SSSR count). The summed E-state index contributed by atoms with van der Waals surface area (Å²) in [7, 11) is 0. The molecule has 0 amide bonds. The Morgan fingerprint density at radius 1 is 0.513 bits per heavy atom. The summed E-state index contributed by atoms with van der Waals surface area (Å²) in [5, 5.41) is 11.0. The molecule has 0 aliphatic carbocycles. The molecular formula is C36H26N2O. The van der Waals surface area contributed by atoms with Gasteiger partial charge < -0.3 is 5.11 Å². The van der Waals surface area contributed by atoms with Crippen molar-refractivity contribution < 1.29 is 5.11 Å². The Morgan fingerprint density at radius 3 is 1.56 bits per heavy atom. The molecule has 0 aliphatic rings. The number of phenolic OH excluding ortho intramolecular Hbond substituents is 1. The van der Waals surface area contributed by atoms with Crippen molar-refractivity contribution in [3.63, 3.8) is 0 Å². The fraction of sp³-hybridized carbons (Fsp3) is 0. The van der Waals surface area contributed by atoms with Crippen LogP contribution in [-0.2, 0) is 0 Å². The SMILES string of the molecule is Oc1cccc2ccc(C=Nc3ccc(C(=C(c4ccccc4)c4ccccc4)c4ccccc4)cc3)nc12. The van der Waals surface area contributed by atoms with Gasteiger partial charge in [-0.2, -0.15) is 0 Å². The Balaban J connectivity index is 1.43. The van der Waals surface area contributed by atoms with Gasteiger partial charge >= 0.3 is 0 Å². The first-order valence-corrected chi connectivity index (χ1v) is 12.9. The van der Waals surface area contributed by atoms with Crippen molar-refractivity contribution in [2.45, 2.75) is 0 Å². The zero-order valence-electron chi connectivity index (χ0n) is 21.3. The maximum absolute atomic E-state index is 10.2. The average molecular weight is 503 g/mol. The van der Waals surface area contributed by atoms with E-state index in [0.29, 0.717) is 11.2 Å². The van der Waals surface area contributed by atoms with Crippen molar-refractivity contribution in [3.05, 3.63) is 174 Å². The lowest BCUT2D eigenvalue weighted by molar-refractivity contribution is 0.480. The number of hydrogen-bond donors (Lipinski definition) is 1. The van der Waals surface area contributed by atoms with Crippen molar-refractivity contribution >= 4 is 34.0 Å². The van der Waals surface area contributed by atoms with Gasteiger partial charge in [-0.05, 0) is 57.7 Å². The van der Waals surface area contributed by atoms with Crippen LogP contribution in [0.1, 0.15) is 27.9 Å². The summed E-state index contributed by atoms with van der Waals surface area (Å²) in [6.45, 7) is 0. The molecule has 0 bridgehead atoms. The van der Waals surface area contributed by atoms with Gasteiger partial charge in [-0.15, -0.1) is 0 Å². The average Bonchev–Trinajstić information content (AvgIpc) is 3.01. The minimum atomic E-state index is 0.167. The number of rotatable bonds is 6. The fourth-order valence-corrected chi connectivity index (χ4v) is 4.80. The molecule has 0 unspecified atom stereocenters. The van der Waals surface area contributed by atoms with Gasteiger partial charge in [0.2, 0.25) is 0 Å². The summed E-state index contributed by atoms with van der Waals surface area (Å²) in [5.41, 5.74) is 9.01. The largest absolute Gasteiger partial charge is 0.506 e. The first-order valence-electron chi connectivity index (χ1n) is 12.9. The van der Waals surface area contributed by atoms with Crippen LogP contribution in [0, 0.1) is 0 Å². The molecule has 1 heterocycles. The number of fused-ring (bicyclic) bond motifs is 1. The van der Waals surface area contributed by atoms with Crippen LogP contribution in [0.4, 0.5) is 5.69 Å². The molecule has 0 saturated carbocycles. The summed E-state index contributed by atoms with van der Waals surface area (Å²) in [6.07, 6.45) is 1.73. The normalized spacial score (nSPS) is 11.1. The van der Waals surface area contributed by atoms with E-state index in [2.05, 4.69) is 94.9 Å². The Kier molecular flexibility index (Phi) is 6.79. The fourth-order valence-electron chi connectivity index (χ4n) is 4.80. The molecule has 1 aromatic heterocycles. The van der Waals surface area contributed by atoms with E-state index in [1.165, 1.54) is 5.57 Å². The van der Waals surface area contributed by atoms with Crippen molar-refractivity contribution in [1.82, 2.24) is 4.98 Å². The number of phenols is 1. The van der Waals surface area contributed by atoms with Crippen LogP contribution in [0.15, 0.2) is 151 Å². The third-order valence-corrected chi connectivity index (χ3v) is 6.66. The number of nitrogens with zero attached hydrogens (tertiary/aromatic N) is 2. The molecule has 186 valence electrons. The zero-order chi connectivity index (χ0) is 26.4. The van der Waals surface area contributed by atoms with Crippen LogP contribution in [0.2, 0.25) is 0 Å². The number of hydrogen-bond acceptors (Lipinski definition) is 3. The summed E-state index contributed by atoms with van der Waals surface area (Å²) in [4.78, 5) is 9.22. The summed E-state index contributed by atoms with van der Waals surface area (Å²) >= 11 is 0. The molecule has 0 atom stereocenters. The van der Waals surface area contributed by atoms with E-state index in [0.717, 1.165) is 38.9 Å². The first-order chi connectivity index (χ1) is 19.3. The maximum atomic E-state index is 10.2. The van der Waals surface area contributed by atoms with E-state index < -0.39 is 0 Å². The highest BCUT2D eigenvalue weighted by Gasteiger charge is 2.16. The van der Waals surface area contributed by atoms with Crippen molar-refractivity contribution in [2.24, 2.45) is 4.99 Å². The van der Waals surface area contributed by atoms with Gasteiger partial charge in [0.05, 0.1) is 17.6 Å². The van der Waals surface area contributed by atoms with Gasteiger partial charge in [0.1, 0.15) is 11.3 Å². The standard InChI is InChI=1S/C36H26N2O/c39-33-18-10-17-30-21-24-32(38-36(30)33)25-37-31-22-19-29(20-23-31)35(28-15-8-3-9-16-28)34(26-11-4-1-5-12-26)27-13-6-2-7-14-27/h1-25,39H. The van der Waals surface area contributed by atoms with Gasteiger partial charge in [-0.1, -0.05) is 121 Å². The maximum Gasteiger partial charge on any atom is 0.141 e. The van der Waals surface area contributed by atoms with Gasteiger partial charge in [0.25, 0.3) is 0 Å². The second-order valence-corrected chi connectivity index (χ2v) is 9.24. The molecule has 5 aromatic carbocycles. The van der Waals surface area contributed by atoms with Crippen LogP contribution in [-0.4, -0.2) is 16.3 Å². The van der Waals surface area contributed by atoms with Gasteiger partial charge in [0, 0.05) is 5.39 Å². The van der Waals surface area contributed by atoms with Crippen LogP contribution in [0.3, 0.4) is 0 Å². The zero-order valence-corrected chi connectivity index (χ0v) is 21.3. The van der Waals surface area contributed by atoms with Gasteiger partial charge in [0.15, 0.2) is 0 Å². The number of aliphatic imine (C=N–C) groups is 1. The topological polar surface area (TPSA) is 45.5 Å². The Morgan fingerprint density at radius 2 is 1.03 bits per heavy atom. The molecule has 6 aromatic rings. The molecule has 0 fully saturated rings.